The smallest absolute Gasteiger partial charge is 0.231 e. The van der Waals surface area contributed by atoms with Gasteiger partial charge >= 0.3 is 0 Å². The van der Waals surface area contributed by atoms with E-state index in [1.807, 2.05) is 32.2 Å². The van der Waals surface area contributed by atoms with Gasteiger partial charge in [0.15, 0.2) is 0 Å². The van der Waals surface area contributed by atoms with Gasteiger partial charge in [0.05, 0.1) is 18.6 Å². The average Bonchev–Trinajstić information content (AvgIpc) is 3.15. The van der Waals surface area contributed by atoms with E-state index in [-0.39, 0.29) is 0 Å². The van der Waals surface area contributed by atoms with Crippen molar-refractivity contribution >= 4 is 0 Å². The van der Waals surface area contributed by atoms with Gasteiger partial charge in [0, 0.05) is 6.04 Å². The molecule has 5 heteroatoms. The summed E-state index contributed by atoms with van der Waals surface area (Å²) in [4.78, 5) is 4.60. The Balaban J connectivity index is 1.91. The van der Waals surface area contributed by atoms with Crippen LogP contribution in [0.15, 0.2) is 22.7 Å². The zero-order valence-corrected chi connectivity index (χ0v) is 12.7. The molecule has 2 unspecified atom stereocenters. The SMILES string of the molecule is CNC1CCCC1c1nc(-c2ccc(C)cc2OC)no1. The number of aryl methyl sites for hydroxylation is 1. The van der Waals surface area contributed by atoms with Crippen molar-refractivity contribution in [3.05, 3.63) is 29.7 Å². The summed E-state index contributed by atoms with van der Waals surface area (Å²) in [5.41, 5.74) is 2.02. The van der Waals surface area contributed by atoms with Crippen LogP contribution >= 0.6 is 0 Å². The number of likely N-dealkylation sites (N-methyl/N-ethyl adjacent to an activating group) is 1. The molecule has 0 amide bonds. The highest BCUT2D eigenvalue weighted by molar-refractivity contribution is 5.64. The molecule has 112 valence electrons. The number of aromatic nitrogens is 2. The van der Waals surface area contributed by atoms with Crippen molar-refractivity contribution in [2.75, 3.05) is 14.2 Å². The third-order valence-corrected chi connectivity index (χ3v) is 4.24. The quantitative estimate of drug-likeness (QED) is 0.937. The summed E-state index contributed by atoms with van der Waals surface area (Å²) in [6.45, 7) is 2.03. The van der Waals surface area contributed by atoms with Gasteiger partial charge in [0.2, 0.25) is 11.7 Å². The summed E-state index contributed by atoms with van der Waals surface area (Å²) >= 11 is 0. The first kappa shape index (κ1) is 14.1. The van der Waals surface area contributed by atoms with Gasteiger partial charge in [0.25, 0.3) is 0 Å². The maximum atomic E-state index is 5.51. The Morgan fingerprint density at radius 1 is 1.33 bits per heavy atom. The number of hydrogen-bond acceptors (Lipinski definition) is 5. The highest BCUT2D eigenvalue weighted by Crippen LogP contribution is 2.35. The Kier molecular flexibility index (Phi) is 3.92. The van der Waals surface area contributed by atoms with Crippen LogP contribution in [-0.2, 0) is 0 Å². The highest BCUT2D eigenvalue weighted by atomic mass is 16.5. The fraction of sp³-hybridized carbons (Fsp3) is 0.500. The highest BCUT2D eigenvalue weighted by Gasteiger charge is 2.32. The maximum Gasteiger partial charge on any atom is 0.231 e. The predicted molar refractivity (Wildman–Crippen MR) is 80.5 cm³/mol. The molecule has 5 nitrogen and oxygen atoms in total. The minimum Gasteiger partial charge on any atom is -0.496 e. The molecule has 1 fully saturated rings. The lowest BCUT2D eigenvalue weighted by molar-refractivity contribution is 0.335. The summed E-state index contributed by atoms with van der Waals surface area (Å²) in [5.74, 6) is 2.42. The molecule has 0 aliphatic heterocycles. The van der Waals surface area contributed by atoms with Crippen LogP contribution in [0.4, 0.5) is 0 Å². The summed E-state index contributed by atoms with van der Waals surface area (Å²) in [5, 5.41) is 7.48. The number of nitrogens with zero attached hydrogens (tertiary/aromatic N) is 2. The van der Waals surface area contributed by atoms with E-state index in [9.17, 15) is 0 Å². The molecule has 1 aromatic heterocycles. The standard InChI is InChI=1S/C16H21N3O2/c1-10-7-8-12(14(9-10)20-3)15-18-16(21-19-15)11-5-4-6-13(11)17-2/h7-9,11,13,17H,4-6H2,1-3H3. The number of methoxy groups -OCH3 is 1. The van der Waals surface area contributed by atoms with Crippen molar-refractivity contribution in [1.29, 1.82) is 0 Å². The first-order valence-corrected chi connectivity index (χ1v) is 7.39. The van der Waals surface area contributed by atoms with Crippen LogP contribution in [0.2, 0.25) is 0 Å². The Morgan fingerprint density at radius 3 is 2.95 bits per heavy atom. The van der Waals surface area contributed by atoms with E-state index in [2.05, 4.69) is 15.5 Å². The zero-order chi connectivity index (χ0) is 14.8. The van der Waals surface area contributed by atoms with Crippen molar-refractivity contribution in [1.82, 2.24) is 15.5 Å². The lowest BCUT2D eigenvalue weighted by Gasteiger charge is -2.14. The van der Waals surface area contributed by atoms with E-state index >= 15 is 0 Å². The summed E-state index contributed by atoms with van der Waals surface area (Å²) < 4.78 is 10.9. The first-order valence-electron chi connectivity index (χ1n) is 7.39. The van der Waals surface area contributed by atoms with Crippen molar-refractivity contribution in [3.8, 4) is 17.1 Å². The number of rotatable bonds is 4. The van der Waals surface area contributed by atoms with Crippen molar-refractivity contribution in [2.24, 2.45) is 0 Å². The molecule has 0 bridgehead atoms. The molecular formula is C16H21N3O2. The number of hydrogen-bond donors (Lipinski definition) is 1. The molecule has 1 aromatic carbocycles. The van der Waals surface area contributed by atoms with E-state index < -0.39 is 0 Å². The zero-order valence-electron chi connectivity index (χ0n) is 12.7. The van der Waals surface area contributed by atoms with Gasteiger partial charge in [-0.25, -0.2) is 0 Å². The van der Waals surface area contributed by atoms with E-state index in [1.54, 1.807) is 7.11 Å². The molecule has 0 radical (unpaired) electrons. The van der Waals surface area contributed by atoms with Gasteiger partial charge in [-0.15, -0.1) is 0 Å². The molecule has 1 aliphatic carbocycles. The molecule has 3 rings (SSSR count). The third kappa shape index (κ3) is 2.65. The fourth-order valence-corrected chi connectivity index (χ4v) is 3.08. The number of benzene rings is 1. The second-order valence-electron chi connectivity index (χ2n) is 5.59. The second kappa shape index (κ2) is 5.85. The van der Waals surface area contributed by atoms with Gasteiger partial charge in [0.1, 0.15) is 5.75 Å². The Bertz CT molecular complexity index is 624. The van der Waals surface area contributed by atoms with E-state index in [0.717, 1.165) is 35.6 Å². The molecule has 21 heavy (non-hydrogen) atoms. The Morgan fingerprint density at radius 2 is 2.19 bits per heavy atom. The molecule has 0 saturated heterocycles. The molecular weight excluding hydrogens is 266 g/mol. The van der Waals surface area contributed by atoms with Gasteiger partial charge < -0.3 is 14.6 Å². The van der Waals surface area contributed by atoms with Crippen LogP contribution in [0.3, 0.4) is 0 Å². The topological polar surface area (TPSA) is 60.2 Å². The molecule has 2 atom stereocenters. The Labute approximate surface area is 124 Å². The molecule has 2 aromatic rings. The monoisotopic (exact) mass is 287 g/mol. The minimum absolute atomic E-state index is 0.313. The lowest BCUT2D eigenvalue weighted by Crippen LogP contribution is -2.27. The largest absolute Gasteiger partial charge is 0.496 e. The Hall–Kier alpha value is -1.88. The summed E-state index contributed by atoms with van der Waals surface area (Å²) in [6, 6.07) is 6.42. The van der Waals surface area contributed by atoms with Crippen molar-refractivity contribution < 1.29 is 9.26 Å². The number of nitrogens with one attached hydrogen (secondary N) is 1. The minimum atomic E-state index is 0.313. The van der Waals surface area contributed by atoms with Gasteiger partial charge in [-0.3, -0.25) is 0 Å². The first-order chi connectivity index (χ1) is 10.2. The molecule has 1 aliphatic rings. The molecule has 1 saturated carbocycles. The van der Waals surface area contributed by atoms with Crippen LogP contribution in [-0.4, -0.2) is 30.3 Å². The van der Waals surface area contributed by atoms with Crippen molar-refractivity contribution in [3.63, 3.8) is 0 Å². The second-order valence-corrected chi connectivity index (χ2v) is 5.59. The summed E-state index contributed by atoms with van der Waals surface area (Å²) in [6.07, 6.45) is 3.45. The molecule has 1 heterocycles. The third-order valence-electron chi connectivity index (χ3n) is 4.24. The molecule has 1 N–H and O–H groups in total. The van der Waals surface area contributed by atoms with Crippen LogP contribution in [0.5, 0.6) is 5.75 Å². The van der Waals surface area contributed by atoms with E-state index in [4.69, 9.17) is 9.26 Å². The lowest BCUT2D eigenvalue weighted by atomic mass is 10.0. The fourth-order valence-electron chi connectivity index (χ4n) is 3.08. The normalized spacial score (nSPS) is 21.7. The van der Waals surface area contributed by atoms with Gasteiger partial charge in [-0.1, -0.05) is 17.6 Å². The maximum absolute atomic E-state index is 5.51. The predicted octanol–water partition coefficient (Wildman–Crippen LogP) is 2.91. The van der Waals surface area contributed by atoms with Crippen LogP contribution in [0, 0.1) is 6.92 Å². The van der Waals surface area contributed by atoms with Crippen LogP contribution < -0.4 is 10.1 Å². The number of ether oxygens (including phenoxy) is 1. The van der Waals surface area contributed by atoms with Crippen LogP contribution in [0.25, 0.3) is 11.4 Å². The van der Waals surface area contributed by atoms with E-state index in [1.165, 1.54) is 6.42 Å². The summed E-state index contributed by atoms with van der Waals surface area (Å²) in [7, 11) is 3.65. The average molecular weight is 287 g/mol. The van der Waals surface area contributed by atoms with Crippen molar-refractivity contribution in [2.45, 2.75) is 38.1 Å². The van der Waals surface area contributed by atoms with Gasteiger partial charge in [-0.05, 0) is 44.5 Å². The van der Waals surface area contributed by atoms with E-state index in [0.29, 0.717) is 17.8 Å². The van der Waals surface area contributed by atoms with Gasteiger partial charge in [-0.2, -0.15) is 4.98 Å². The molecule has 0 spiro atoms. The van der Waals surface area contributed by atoms with Crippen LogP contribution in [0.1, 0.15) is 36.6 Å².